The van der Waals surface area contributed by atoms with E-state index in [1.165, 1.54) is 6.07 Å². The van der Waals surface area contributed by atoms with E-state index in [1.54, 1.807) is 0 Å². The summed E-state index contributed by atoms with van der Waals surface area (Å²) in [6.07, 6.45) is 0. The lowest BCUT2D eigenvalue weighted by Gasteiger charge is -2.01. The van der Waals surface area contributed by atoms with E-state index in [4.69, 9.17) is 17.5 Å². The number of hydrogen-bond donors (Lipinski definition) is 1. The maximum atomic E-state index is 12.6. The van der Waals surface area contributed by atoms with Gasteiger partial charge in [0.05, 0.1) is 11.6 Å². The van der Waals surface area contributed by atoms with Gasteiger partial charge in [-0.3, -0.25) is 4.84 Å². The van der Waals surface area contributed by atoms with Gasteiger partial charge in [0, 0.05) is 0 Å². The molecule has 0 aromatic heterocycles. The fourth-order valence-corrected chi connectivity index (χ4v) is 1.02. The van der Waals surface area contributed by atoms with Crippen LogP contribution in [0.4, 0.5) is 8.78 Å². The molecule has 0 aliphatic heterocycles. The molecule has 2 N–H and O–H groups in total. The highest BCUT2D eigenvalue weighted by atomic mass is 35.5. The Balaban J connectivity index is 3.04. The fraction of sp³-hybridized carbons (Fsp3) is 0.143. The Bertz CT molecular complexity index is 270. The Morgan fingerprint density at radius 2 is 2.08 bits per heavy atom. The van der Waals surface area contributed by atoms with Gasteiger partial charge in [0.2, 0.25) is 0 Å². The molecule has 0 saturated heterocycles. The normalized spacial score (nSPS) is 10.3. The lowest BCUT2D eigenvalue weighted by molar-refractivity contribution is 0.124. The van der Waals surface area contributed by atoms with Crippen LogP contribution in [-0.2, 0) is 11.4 Å². The second kappa shape index (κ2) is 3.80. The standard InChI is InChI=1S/C7H6ClF2NO/c8-5-1-4(3-12-11)2-6(9)7(5)10/h1-2H,3,11H2. The van der Waals surface area contributed by atoms with Crippen LogP contribution in [0.2, 0.25) is 5.02 Å². The van der Waals surface area contributed by atoms with E-state index in [2.05, 4.69) is 4.84 Å². The first-order valence-electron chi connectivity index (χ1n) is 3.10. The molecule has 0 amide bonds. The summed E-state index contributed by atoms with van der Waals surface area (Å²) in [5.41, 5.74) is 0.390. The van der Waals surface area contributed by atoms with Crippen molar-refractivity contribution in [2.75, 3.05) is 0 Å². The molecule has 0 atom stereocenters. The topological polar surface area (TPSA) is 35.2 Å². The number of nitrogens with two attached hydrogens (primary N) is 1. The molecule has 0 heterocycles. The van der Waals surface area contributed by atoms with Gasteiger partial charge in [-0.25, -0.2) is 14.7 Å². The average Bonchev–Trinajstić information content (AvgIpc) is 2.01. The minimum Gasteiger partial charge on any atom is -0.300 e. The summed E-state index contributed by atoms with van der Waals surface area (Å²) < 4.78 is 25.2. The van der Waals surface area contributed by atoms with Crippen LogP contribution in [0.5, 0.6) is 0 Å². The lowest BCUT2D eigenvalue weighted by Crippen LogP contribution is -2.00. The third-order valence-electron chi connectivity index (χ3n) is 1.29. The van der Waals surface area contributed by atoms with E-state index in [0.717, 1.165) is 6.07 Å². The molecule has 12 heavy (non-hydrogen) atoms. The van der Waals surface area contributed by atoms with Crippen LogP contribution in [0.1, 0.15) is 5.56 Å². The van der Waals surface area contributed by atoms with Gasteiger partial charge in [-0.15, -0.1) is 0 Å². The Morgan fingerprint density at radius 3 is 2.58 bits per heavy atom. The first kappa shape index (κ1) is 9.38. The van der Waals surface area contributed by atoms with Crippen molar-refractivity contribution < 1.29 is 13.6 Å². The largest absolute Gasteiger partial charge is 0.300 e. The van der Waals surface area contributed by atoms with Crippen molar-refractivity contribution in [1.82, 2.24) is 0 Å². The van der Waals surface area contributed by atoms with E-state index >= 15 is 0 Å². The third kappa shape index (κ3) is 1.91. The molecule has 0 aliphatic rings. The average molecular weight is 194 g/mol. The Morgan fingerprint density at radius 1 is 1.42 bits per heavy atom. The predicted octanol–water partition coefficient (Wildman–Crippen LogP) is 2.01. The summed E-state index contributed by atoms with van der Waals surface area (Å²) in [5.74, 6) is 2.68. The van der Waals surface area contributed by atoms with Crippen LogP contribution < -0.4 is 5.90 Å². The van der Waals surface area contributed by atoms with E-state index in [1.807, 2.05) is 0 Å². The van der Waals surface area contributed by atoms with Gasteiger partial charge in [0.25, 0.3) is 0 Å². The van der Waals surface area contributed by atoms with Gasteiger partial charge in [-0.2, -0.15) is 0 Å². The van der Waals surface area contributed by atoms with E-state index in [-0.39, 0.29) is 11.6 Å². The van der Waals surface area contributed by atoms with Crippen molar-refractivity contribution in [3.63, 3.8) is 0 Å². The lowest BCUT2D eigenvalue weighted by atomic mass is 10.2. The highest BCUT2D eigenvalue weighted by Crippen LogP contribution is 2.19. The zero-order chi connectivity index (χ0) is 9.14. The summed E-state index contributed by atoms with van der Waals surface area (Å²) in [6.45, 7) is -0.00306. The Hall–Kier alpha value is -0.710. The molecule has 0 bridgehead atoms. The fourth-order valence-electron chi connectivity index (χ4n) is 0.788. The molecule has 1 aromatic rings. The van der Waals surface area contributed by atoms with Crippen LogP contribution in [0.25, 0.3) is 0 Å². The van der Waals surface area contributed by atoms with Crippen molar-refractivity contribution in [3.05, 3.63) is 34.4 Å². The zero-order valence-electron chi connectivity index (χ0n) is 5.98. The van der Waals surface area contributed by atoms with Gasteiger partial charge in [-0.05, 0) is 17.7 Å². The maximum Gasteiger partial charge on any atom is 0.177 e. The van der Waals surface area contributed by atoms with E-state index < -0.39 is 11.6 Å². The molecule has 0 aliphatic carbocycles. The molecule has 1 aromatic carbocycles. The third-order valence-corrected chi connectivity index (χ3v) is 1.57. The van der Waals surface area contributed by atoms with Crippen molar-refractivity contribution in [3.8, 4) is 0 Å². The molecule has 2 nitrogen and oxygen atoms in total. The molecule has 0 spiro atoms. The van der Waals surface area contributed by atoms with Crippen LogP contribution in [0, 0.1) is 11.6 Å². The molecule has 0 fully saturated rings. The second-order valence-electron chi connectivity index (χ2n) is 2.18. The van der Waals surface area contributed by atoms with Crippen molar-refractivity contribution >= 4 is 11.6 Å². The van der Waals surface area contributed by atoms with Crippen molar-refractivity contribution in [2.24, 2.45) is 5.90 Å². The summed E-state index contributed by atoms with van der Waals surface area (Å²) in [6, 6.07) is 2.24. The molecular weight excluding hydrogens is 188 g/mol. The van der Waals surface area contributed by atoms with Crippen LogP contribution in [-0.4, -0.2) is 0 Å². The quantitative estimate of drug-likeness (QED) is 0.576. The number of hydrogen-bond acceptors (Lipinski definition) is 2. The SMILES string of the molecule is NOCc1cc(F)c(F)c(Cl)c1. The van der Waals surface area contributed by atoms with Crippen LogP contribution in [0.3, 0.4) is 0 Å². The van der Waals surface area contributed by atoms with E-state index in [0.29, 0.717) is 5.56 Å². The predicted molar refractivity (Wildman–Crippen MR) is 40.3 cm³/mol. The van der Waals surface area contributed by atoms with Crippen molar-refractivity contribution in [1.29, 1.82) is 0 Å². The second-order valence-corrected chi connectivity index (χ2v) is 2.59. The molecule has 66 valence electrons. The summed E-state index contributed by atoms with van der Waals surface area (Å²) in [7, 11) is 0. The number of rotatable bonds is 2. The molecule has 0 unspecified atom stereocenters. The van der Waals surface area contributed by atoms with E-state index in [9.17, 15) is 8.78 Å². The van der Waals surface area contributed by atoms with Gasteiger partial charge < -0.3 is 0 Å². The Labute approximate surface area is 72.8 Å². The van der Waals surface area contributed by atoms with Gasteiger partial charge in [0.1, 0.15) is 0 Å². The number of halogens is 3. The molecule has 1 rings (SSSR count). The maximum absolute atomic E-state index is 12.6. The first-order valence-corrected chi connectivity index (χ1v) is 3.48. The van der Waals surface area contributed by atoms with Gasteiger partial charge in [-0.1, -0.05) is 11.6 Å². The summed E-state index contributed by atoms with van der Waals surface area (Å²) in [4.78, 5) is 4.23. The van der Waals surface area contributed by atoms with Crippen LogP contribution in [0.15, 0.2) is 12.1 Å². The number of benzene rings is 1. The minimum atomic E-state index is -1.06. The summed E-state index contributed by atoms with van der Waals surface area (Å²) in [5, 5.41) is -0.276. The molecule has 0 saturated carbocycles. The molecule has 0 radical (unpaired) electrons. The highest BCUT2D eigenvalue weighted by molar-refractivity contribution is 6.30. The first-order chi connectivity index (χ1) is 5.65. The summed E-state index contributed by atoms with van der Waals surface area (Å²) >= 11 is 5.34. The van der Waals surface area contributed by atoms with Gasteiger partial charge in [0.15, 0.2) is 11.6 Å². The molecular formula is C7H6ClF2NO. The highest BCUT2D eigenvalue weighted by Gasteiger charge is 2.08. The Kier molecular flexibility index (Phi) is 2.97. The minimum absolute atomic E-state index is 0.00306. The zero-order valence-corrected chi connectivity index (χ0v) is 6.74. The monoisotopic (exact) mass is 193 g/mol. The molecule has 5 heteroatoms. The van der Waals surface area contributed by atoms with Crippen LogP contribution >= 0.6 is 11.6 Å². The smallest absolute Gasteiger partial charge is 0.177 e. The van der Waals surface area contributed by atoms with Gasteiger partial charge >= 0.3 is 0 Å². The van der Waals surface area contributed by atoms with Crippen molar-refractivity contribution in [2.45, 2.75) is 6.61 Å².